The average molecular weight is 294 g/mol. The van der Waals surface area contributed by atoms with Gasteiger partial charge in [-0.3, -0.25) is 14.8 Å². The quantitative estimate of drug-likeness (QED) is 0.350. The fourth-order valence-electron chi connectivity index (χ4n) is 2.19. The molecule has 110 valence electrons. The van der Waals surface area contributed by atoms with Gasteiger partial charge in [0.25, 0.3) is 5.69 Å². The van der Waals surface area contributed by atoms with E-state index in [0.29, 0.717) is 16.9 Å². The fourth-order valence-corrected chi connectivity index (χ4v) is 3.01. The van der Waals surface area contributed by atoms with Crippen LogP contribution in [0.25, 0.3) is 0 Å². The van der Waals surface area contributed by atoms with Crippen LogP contribution in [0.15, 0.2) is 41.8 Å². The Morgan fingerprint density at radius 3 is 2.90 bits per heavy atom. The van der Waals surface area contributed by atoms with E-state index in [4.69, 9.17) is 0 Å². The first-order chi connectivity index (χ1) is 9.11. The highest BCUT2D eigenvalue weighted by molar-refractivity contribution is 7.97. The van der Waals surface area contributed by atoms with Gasteiger partial charge in [0.2, 0.25) is 0 Å². The molecule has 0 radical (unpaired) electrons. The van der Waals surface area contributed by atoms with Crippen molar-refractivity contribution in [3.8, 4) is 0 Å². The number of hydrogen-bond donors (Lipinski definition) is 1. The van der Waals surface area contributed by atoms with Crippen LogP contribution in [0.1, 0.15) is 27.2 Å². The number of hydrogen-bond acceptors (Lipinski definition) is 4. The maximum Gasteiger partial charge on any atom is 0.284 e. The number of rotatable bonds is 7. The van der Waals surface area contributed by atoms with Gasteiger partial charge in [-0.25, -0.2) is 0 Å². The van der Waals surface area contributed by atoms with Gasteiger partial charge in [0, 0.05) is 12.1 Å². The lowest BCUT2D eigenvalue weighted by Gasteiger charge is -2.12. The molecule has 0 heterocycles. The first-order valence-electron chi connectivity index (χ1n) is 6.40. The molecule has 1 aliphatic carbocycles. The molecule has 1 fully saturated rings. The molecule has 1 saturated carbocycles. The smallest absolute Gasteiger partial charge is 0.258 e. The Kier molecular flexibility index (Phi) is 6.23. The van der Waals surface area contributed by atoms with Crippen LogP contribution in [0.4, 0.5) is 5.69 Å². The number of nitro benzene ring substituents is 1. The molecule has 0 amide bonds. The Morgan fingerprint density at radius 1 is 1.60 bits per heavy atom. The van der Waals surface area contributed by atoms with Gasteiger partial charge >= 0.3 is 0 Å². The third kappa shape index (κ3) is 4.35. The zero-order valence-electron chi connectivity index (χ0n) is 10.9. The lowest BCUT2D eigenvalue weighted by molar-refractivity contribution is -0.387. The summed E-state index contributed by atoms with van der Waals surface area (Å²) >= 11 is 1.34. The number of para-hydroxylation sites is 1. The zero-order chi connectivity index (χ0) is 13.8. The second-order valence-corrected chi connectivity index (χ2v) is 5.86. The van der Waals surface area contributed by atoms with Crippen LogP contribution < -0.4 is 4.72 Å². The van der Waals surface area contributed by atoms with Crippen molar-refractivity contribution in [1.82, 2.24) is 4.72 Å². The molecule has 4 nitrogen and oxygen atoms in total. The lowest BCUT2D eigenvalue weighted by Crippen LogP contribution is -2.19. The van der Waals surface area contributed by atoms with E-state index < -0.39 is 0 Å². The molecule has 0 aliphatic heterocycles. The summed E-state index contributed by atoms with van der Waals surface area (Å²) in [6.07, 6.45) is 4.34. The second kappa shape index (κ2) is 7.45. The summed E-state index contributed by atoms with van der Waals surface area (Å²) in [5.41, 5.74) is 0.155. The highest BCUT2D eigenvalue weighted by Gasteiger charge is 2.35. The number of benzene rings is 1. The van der Waals surface area contributed by atoms with Crippen LogP contribution in [0.3, 0.4) is 0 Å². The van der Waals surface area contributed by atoms with Crippen molar-refractivity contribution >= 4 is 17.6 Å². The minimum atomic E-state index is -0.344. The van der Waals surface area contributed by atoms with Crippen molar-refractivity contribution in [2.24, 2.45) is 11.8 Å². The molecule has 5 heteroatoms. The van der Waals surface area contributed by atoms with Crippen molar-refractivity contribution < 1.29 is 4.92 Å². The Balaban J connectivity index is 0.00000200. The molecule has 1 aromatic carbocycles. The molecule has 0 spiro atoms. The van der Waals surface area contributed by atoms with Gasteiger partial charge in [-0.15, -0.1) is 6.58 Å². The number of nitrogens with zero attached hydrogens (tertiary/aromatic N) is 1. The topological polar surface area (TPSA) is 55.2 Å². The molecule has 0 bridgehead atoms. The van der Waals surface area contributed by atoms with Gasteiger partial charge in [0.15, 0.2) is 0 Å². The fraction of sp³-hybridized carbons (Fsp3) is 0.467. The molecule has 0 saturated heterocycles. The van der Waals surface area contributed by atoms with Crippen molar-refractivity contribution in [2.75, 3.05) is 0 Å². The molecule has 1 aromatic rings. The van der Waals surface area contributed by atoms with Gasteiger partial charge < -0.3 is 0 Å². The first-order valence-corrected chi connectivity index (χ1v) is 7.21. The summed E-state index contributed by atoms with van der Waals surface area (Å²) in [5.74, 6) is 1.40. The average Bonchev–Trinajstić information content (AvgIpc) is 3.15. The summed E-state index contributed by atoms with van der Waals surface area (Å²) < 4.78 is 3.29. The molecule has 20 heavy (non-hydrogen) atoms. The van der Waals surface area contributed by atoms with E-state index in [9.17, 15) is 10.1 Å². The lowest BCUT2D eigenvalue weighted by atomic mass is 10.1. The van der Waals surface area contributed by atoms with E-state index in [2.05, 4.69) is 18.2 Å². The SMILES string of the molecule is C.C=C[C@H]1CC1C[C@@H](C)NSc1ccccc1[N+](=O)[O-]. The van der Waals surface area contributed by atoms with Crippen LogP contribution in [0.2, 0.25) is 0 Å². The molecule has 1 aliphatic rings. The second-order valence-electron chi connectivity index (χ2n) is 4.98. The number of nitrogens with one attached hydrogen (secondary N) is 1. The molecule has 1 unspecified atom stereocenters. The van der Waals surface area contributed by atoms with E-state index in [1.54, 1.807) is 12.1 Å². The highest BCUT2D eigenvalue weighted by Crippen LogP contribution is 2.42. The van der Waals surface area contributed by atoms with Gasteiger partial charge in [0.1, 0.15) is 4.90 Å². The number of nitro groups is 1. The molecule has 2 rings (SSSR count). The Labute approximate surface area is 124 Å². The molecule has 3 atom stereocenters. The van der Waals surface area contributed by atoms with E-state index in [0.717, 1.165) is 12.3 Å². The minimum absolute atomic E-state index is 0. The van der Waals surface area contributed by atoms with E-state index in [1.165, 1.54) is 24.4 Å². The largest absolute Gasteiger partial charge is 0.284 e. The molecule has 0 aromatic heterocycles. The van der Waals surface area contributed by atoms with Crippen LogP contribution in [-0.2, 0) is 0 Å². The summed E-state index contributed by atoms with van der Waals surface area (Å²) in [5, 5.41) is 10.9. The first kappa shape index (κ1) is 16.7. The standard InChI is InChI=1S/C14H18N2O2S.CH4/c1-3-11-9-12(11)8-10(2)15-19-14-7-5-4-6-13(14)16(17)18;/h3-7,10-12,15H,1,8-9H2,2H3;1H4/t10-,11+,12?;/m1./s1. The summed E-state index contributed by atoms with van der Waals surface area (Å²) in [7, 11) is 0. The van der Waals surface area contributed by atoms with Crippen LogP contribution in [-0.4, -0.2) is 11.0 Å². The van der Waals surface area contributed by atoms with Crippen LogP contribution >= 0.6 is 11.9 Å². The summed E-state index contributed by atoms with van der Waals surface area (Å²) in [6.45, 7) is 5.92. The van der Waals surface area contributed by atoms with Crippen molar-refractivity contribution in [3.63, 3.8) is 0 Å². The summed E-state index contributed by atoms with van der Waals surface area (Å²) in [6, 6.07) is 7.14. The van der Waals surface area contributed by atoms with Crippen LogP contribution in [0, 0.1) is 22.0 Å². The normalized spacial score (nSPS) is 21.6. The Bertz CT molecular complexity index is 479. The van der Waals surface area contributed by atoms with E-state index in [1.807, 2.05) is 12.1 Å². The van der Waals surface area contributed by atoms with Crippen LogP contribution in [0.5, 0.6) is 0 Å². The van der Waals surface area contributed by atoms with Crippen molar-refractivity contribution in [2.45, 2.75) is 38.1 Å². The number of allylic oxidation sites excluding steroid dienone is 1. The van der Waals surface area contributed by atoms with Gasteiger partial charge in [-0.05, 0) is 49.6 Å². The van der Waals surface area contributed by atoms with E-state index >= 15 is 0 Å². The predicted molar refractivity (Wildman–Crippen MR) is 84.7 cm³/mol. The van der Waals surface area contributed by atoms with Gasteiger partial charge in [-0.1, -0.05) is 25.6 Å². The predicted octanol–water partition coefficient (Wildman–Crippen LogP) is 4.43. The zero-order valence-corrected chi connectivity index (χ0v) is 11.7. The maximum atomic E-state index is 10.9. The highest BCUT2D eigenvalue weighted by atomic mass is 32.2. The van der Waals surface area contributed by atoms with Crippen molar-refractivity contribution in [1.29, 1.82) is 0 Å². The third-order valence-electron chi connectivity index (χ3n) is 3.37. The van der Waals surface area contributed by atoms with Gasteiger partial charge in [0.05, 0.1) is 4.92 Å². The molecular weight excluding hydrogens is 272 g/mol. The molecular formula is C15H22N2O2S. The summed E-state index contributed by atoms with van der Waals surface area (Å²) in [4.78, 5) is 11.2. The third-order valence-corrected chi connectivity index (χ3v) is 4.45. The maximum absolute atomic E-state index is 10.9. The van der Waals surface area contributed by atoms with Gasteiger partial charge in [-0.2, -0.15) is 0 Å². The Hall–Kier alpha value is -1.33. The van der Waals surface area contributed by atoms with Crippen molar-refractivity contribution in [3.05, 3.63) is 47.0 Å². The minimum Gasteiger partial charge on any atom is -0.258 e. The molecule has 1 N–H and O–H groups in total. The monoisotopic (exact) mass is 294 g/mol. The van der Waals surface area contributed by atoms with E-state index in [-0.39, 0.29) is 18.0 Å². The Morgan fingerprint density at radius 2 is 2.30 bits per heavy atom.